The number of hydrogen-bond donors (Lipinski definition) is 2. The van der Waals surface area contributed by atoms with Gasteiger partial charge in [0.05, 0.1) is 17.9 Å². The minimum atomic E-state index is -4.53. The smallest absolute Gasteiger partial charge is 0.419 e. The van der Waals surface area contributed by atoms with Crippen LogP contribution in [-0.4, -0.2) is 31.3 Å². The molecule has 0 aliphatic rings. The van der Waals surface area contributed by atoms with E-state index in [0.29, 0.717) is 11.4 Å². The molecule has 0 saturated carbocycles. The first-order chi connectivity index (χ1) is 12.3. The minimum absolute atomic E-state index is 0.0168. The molecule has 136 valence electrons. The second kappa shape index (κ2) is 6.98. The lowest BCUT2D eigenvalue weighted by atomic mass is 10.2. The van der Waals surface area contributed by atoms with Crippen molar-refractivity contribution in [1.29, 1.82) is 0 Å². The molecule has 2 N–H and O–H groups in total. The molecule has 0 amide bonds. The molecule has 0 atom stereocenters. The van der Waals surface area contributed by atoms with E-state index < -0.39 is 11.7 Å². The second-order valence-electron chi connectivity index (χ2n) is 5.58. The third kappa shape index (κ3) is 4.08. The standard InChI is InChI=1S/C16H15F3N6O/c1-9(2)26-10-5-6-12(21-8-10)14-23-15(25-24-14)22-13-11(16(17,18)19)4-3-7-20-13/h3-9H,1-2H3,(H2,20,22,23,24,25). The Morgan fingerprint density at radius 1 is 1.15 bits per heavy atom. The molecule has 3 aromatic heterocycles. The molecule has 7 nitrogen and oxygen atoms in total. The maximum Gasteiger partial charge on any atom is 0.419 e. The number of hydrogen-bond acceptors (Lipinski definition) is 6. The molecule has 0 saturated heterocycles. The van der Waals surface area contributed by atoms with Crippen molar-refractivity contribution in [3.8, 4) is 17.3 Å². The van der Waals surface area contributed by atoms with Crippen LogP contribution in [0, 0.1) is 0 Å². The van der Waals surface area contributed by atoms with Crippen LogP contribution in [0.25, 0.3) is 11.5 Å². The van der Waals surface area contributed by atoms with Crippen LogP contribution in [0.4, 0.5) is 24.9 Å². The Balaban J connectivity index is 1.79. The van der Waals surface area contributed by atoms with Crippen LogP contribution in [0.1, 0.15) is 19.4 Å². The maximum atomic E-state index is 13.0. The summed E-state index contributed by atoms with van der Waals surface area (Å²) in [6, 6.07) is 5.52. The van der Waals surface area contributed by atoms with E-state index in [1.165, 1.54) is 18.5 Å². The van der Waals surface area contributed by atoms with E-state index >= 15 is 0 Å². The average molecular weight is 364 g/mol. The van der Waals surface area contributed by atoms with Crippen molar-refractivity contribution < 1.29 is 17.9 Å². The number of nitrogens with zero attached hydrogens (tertiary/aromatic N) is 4. The third-order valence-corrected chi connectivity index (χ3v) is 3.17. The van der Waals surface area contributed by atoms with Crippen LogP contribution >= 0.6 is 0 Å². The van der Waals surface area contributed by atoms with Gasteiger partial charge in [0, 0.05) is 6.20 Å². The van der Waals surface area contributed by atoms with E-state index in [1.54, 1.807) is 12.1 Å². The zero-order valence-electron chi connectivity index (χ0n) is 13.9. The van der Waals surface area contributed by atoms with Gasteiger partial charge < -0.3 is 10.1 Å². The van der Waals surface area contributed by atoms with E-state index in [2.05, 4.69) is 30.5 Å². The number of nitrogens with one attached hydrogen (secondary N) is 2. The van der Waals surface area contributed by atoms with Gasteiger partial charge in [-0.3, -0.25) is 0 Å². The lowest BCUT2D eigenvalue weighted by Crippen LogP contribution is -2.10. The predicted octanol–water partition coefficient (Wildman–Crippen LogP) is 3.81. The quantitative estimate of drug-likeness (QED) is 0.716. The lowest BCUT2D eigenvalue weighted by molar-refractivity contribution is -0.137. The summed E-state index contributed by atoms with van der Waals surface area (Å²) in [5, 5.41) is 8.98. The zero-order chi connectivity index (χ0) is 18.7. The molecule has 3 rings (SSSR count). The molecule has 0 spiro atoms. The van der Waals surface area contributed by atoms with Gasteiger partial charge in [-0.1, -0.05) is 0 Å². The molecule has 0 fully saturated rings. The molecule has 0 radical (unpaired) electrons. The highest BCUT2D eigenvalue weighted by Crippen LogP contribution is 2.34. The molecule has 3 heterocycles. The van der Waals surface area contributed by atoms with Crippen LogP contribution in [0.2, 0.25) is 0 Å². The number of ether oxygens (including phenoxy) is 1. The van der Waals surface area contributed by atoms with Gasteiger partial charge in [0.1, 0.15) is 17.3 Å². The Hall–Kier alpha value is -3.17. The van der Waals surface area contributed by atoms with Gasteiger partial charge in [0.25, 0.3) is 0 Å². The number of aromatic amines is 1. The fourth-order valence-electron chi connectivity index (χ4n) is 2.13. The largest absolute Gasteiger partial charge is 0.489 e. The van der Waals surface area contributed by atoms with E-state index in [0.717, 1.165) is 6.07 Å². The number of rotatable bonds is 5. The molecule has 0 aliphatic carbocycles. The molecule has 0 unspecified atom stereocenters. The number of pyridine rings is 2. The van der Waals surface area contributed by atoms with Gasteiger partial charge in [-0.05, 0) is 38.1 Å². The van der Waals surface area contributed by atoms with Crippen LogP contribution in [-0.2, 0) is 6.18 Å². The van der Waals surface area contributed by atoms with Crippen LogP contribution < -0.4 is 10.1 Å². The minimum Gasteiger partial charge on any atom is -0.489 e. The SMILES string of the molecule is CC(C)Oc1ccc(-c2n[nH]c(Nc3ncccc3C(F)(F)F)n2)nc1. The molecular formula is C16H15F3N6O. The highest BCUT2D eigenvalue weighted by Gasteiger charge is 2.34. The van der Waals surface area contributed by atoms with Gasteiger partial charge in [-0.25, -0.2) is 15.1 Å². The molecule has 0 aromatic carbocycles. The number of anilines is 2. The topological polar surface area (TPSA) is 88.6 Å². The Morgan fingerprint density at radius 3 is 2.62 bits per heavy atom. The van der Waals surface area contributed by atoms with Crippen LogP contribution in [0.5, 0.6) is 5.75 Å². The fourth-order valence-corrected chi connectivity index (χ4v) is 2.13. The first-order valence-electron chi connectivity index (χ1n) is 7.67. The second-order valence-corrected chi connectivity index (χ2v) is 5.58. The monoisotopic (exact) mass is 364 g/mol. The Labute approximate surface area is 146 Å². The molecule has 3 aromatic rings. The fraction of sp³-hybridized carbons (Fsp3) is 0.250. The van der Waals surface area contributed by atoms with Gasteiger partial charge >= 0.3 is 6.18 Å². The summed E-state index contributed by atoms with van der Waals surface area (Å²) in [6.45, 7) is 3.79. The highest BCUT2D eigenvalue weighted by atomic mass is 19.4. The first-order valence-corrected chi connectivity index (χ1v) is 7.67. The van der Waals surface area contributed by atoms with E-state index in [4.69, 9.17) is 4.74 Å². The normalized spacial score (nSPS) is 11.6. The van der Waals surface area contributed by atoms with Crippen molar-refractivity contribution in [2.24, 2.45) is 0 Å². The van der Waals surface area contributed by atoms with Crippen molar-refractivity contribution in [2.45, 2.75) is 26.1 Å². The number of aromatic nitrogens is 5. The average Bonchev–Trinajstić information content (AvgIpc) is 3.03. The van der Waals surface area contributed by atoms with E-state index in [9.17, 15) is 13.2 Å². The summed E-state index contributed by atoms with van der Waals surface area (Å²) < 4.78 is 44.5. The zero-order valence-corrected chi connectivity index (χ0v) is 13.9. The maximum absolute atomic E-state index is 13.0. The van der Waals surface area contributed by atoms with Gasteiger partial charge in [0.15, 0.2) is 0 Å². The summed E-state index contributed by atoms with van der Waals surface area (Å²) in [5.74, 6) is 0.485. The van der Waals surface area contributed by atoms with Crippen molar-refractivity contribution in [2.75, 3.05) is 5.32 Å². The summed E-state index contributed by atoms with van der Waals surface area (Å²) in [6.07, 6.45) is -1.74. The molecule has 0 aliphatic heterocycles. The Kier molecular flexibility index (Phi) is 4.74. The highest BCUT2D eigenvalue weighted by molar-refractivity contribution is 5.57. The van der Waals surface area contributed by atoms with Gasteiger partial charge in [-0.15, -0.1) is 0 Å². The molecule has 10 heteroatoms. The van der Waals surface area contributed by atoms with E-state index in [1.807, 2.05) is 13.8 Å². The lowest BCUT2D eigenvalue weighted by Gasteiger charge is -2.11. The van der Waals surface area contributed by atoms with Gasteiger partial charge in [-0.2, -0.15) is 23.3 Å². The summed E-state index contributed by atoms with van der Waals surface area (Å²) in [4.78, 5) is 12.0. The predicted molar refractivity (Wildman–Crippen MR) is 87.9 cm³/mol. The molecule has 26 heavy (non-hydrogen) atoms. The Morgan fingerprint density at radius 2 is 1.96 bits per heavy atom. The summed E-state index contributed by atoms with van der Waals surface area (Å²) in [5.41, 5.74) is -0.450. The molecular weight excluding hydrogens is 349 g/mol. The van der Waals surface area contributed by atoms with Crippen LogP contribution in [0.3, 0.4) is 0 Å². The Bertz CT molecular complexity index is 876. The van der Waals surface area contributed by atoms with Crippen molar-refractivity contribution >= 4 is 11.8 Å². The van der Waals surface area contributed by atoms with E-state index in [-0.39, 0.29) is 23.7 Å². The summed E-state index contributed by atoms with van der Waals surface area (Å²) >= 11 is 0. The van der Waals surface area contributed by atoms with Crippen molar-refractivity contribution in [3.63, 3.8) is 0 Å². The number of halogens is 3. The van der Waals surface area contributed by atoms with Crippen molar-refractivity contribution in [3.05, 3.63) is 42.2 Å². The van der Waals surface area contributed by atoms with Crippen LogP contribution in [0.15, 0.2) is 36.7 Å². The summed E-state index contributed by atoms with van der Waals surface area (Å²) in [7, 11) is 0. The third-order valence-electron chi connectivity index (χ3n) is 3.17. The van der Waals surface area contributed by atoms with Crippen molar-refractivity contribution in [1.82, 2.24) is 25.1 Å². The number of H-pyrrole nitrogens is 1. The molecule has 0 bridgehead atoms. The number of alkyl halides is 3. The van der Waals surface area contributed by atoms with Gasteiger partial charge in [0.2, 0.25) is 11.8 Å². The first kappa shape index (κ1) is 17.6.